The van der Waals surface area contributed by atoms with Crippen LogP contribution in [0, 0.1) is 0 Å². The second kappa shape index (κ2) is 7.21. The van der Waals surface area contributed by atoms with E-state index in [1.165, 1.54) is 7.11 Å². The fraction of sp³-hybridized carbons (Fsp3) is 0.412. The molecule has 2 aromatic rings. The van der Waals surface area contributed by atoms with Gasteiger partial charge in [-0.1, -0.05) is 12.1 Å². The number of aliphatic hydroxyl groups excluding tert-OH is 1. The lowest BCUT2D eigenvalue weighted by Crippen LogP contribution is -2.37. The molecule has 0 aliphatic carbocycles. The number of hydrogen-bond donors (Lipinski definition) is 1. The van der Waals surface area contributed by atoms with Crippen LogP contribution in [0.1, 0.15) is 28.9 Å². The molecule has 1 aliphatic rings. The van der Waals surface area contributed by atoms with Gasteiger partial charge in [-0.2, -0.15) is 0 Å². The van der Waals surface area contributed by atoms with Crippen LogP contribution in [-0.2, 0) is 11.3 Å². The quantitative estimate of drug-likeness (QED) is 0.872. The van der Waals surface area contributed by atoms with Gasteiger partial charge in [-0.15, -0.1) is 11.3 Å². The molecule has 3 rings (SSSR count). The molecule has 1 aliphatic heterocycles. The van der Waals surface area contributed by atoms with Gasteiger partial charge in [-0.25, -0.2) is 9.78 Å². The minimum atomic E-state index is -0.342. The minimum absolute atomic E-state index is 0.224. The largest absolute Gasteiger partial charge is 0.465 e. The standard InChI is InChI=1S/C17H20N2O3S/c1-22-17(21)13-5-2-4-12(8-13)16-18-14(11-23-16)9-19-7-3-6-15(20)10-19/h2,4-5,8,11,15,20H,3,6-7,9-10H2,1H3. The first kappa shape index (κ1) is 16.1. The Labute approximate surface area is 139 Å². The van der Waals surface area contributed by atoms with E-state index in [9.17, 15) is 9.90 Å². The Morgan fingerprint density at radius 1 is 1.52 bits per heavy atom. The maximum Gasteiger partial charge on any atom is 0.337 e. The lowest BCUT2D eigenvalue weighted by molar-refractivity contribution is 0.0600. The van der Waals surface area contributed by atoms with E-state index in [1.54, 1.807) is 23.5 Å². The summed E-state index contributed by atoms with van der Waals surface area (Å²) in [5, 5.41) is 12.7. The number of piperidine rings is 1. The molecule has 1 N–H and O–H groups in total. The van der Waals surface area contributed by atoms with Gasteiger partial charge in [0.25, 0.3) is 0 Å². The number of rotatable bonds is 4. The van der Waals surface area contributed by atoms with Crippen molar-refractivity contribution in [3.8, 4) is 10.6 Å². The first-order chi connectivity index (χ1) is 11.2. The van der Waals surface area contributed by atoms with Gasteiger partial charge in [-0.3, -0.25) is 4.90 Å². The summed E-state index contributed by atoms with van der Waals surface area (Å²) in [5.41, 5.74) is 2.45. The number of likely N-dealkylation sites (tertiary alicyclic amines) is 1. The summed E-state index contributed by atoms with van der Waals surface area (Å²) in [4.78, 5) is 18.5. The molecule has 1 aromatic heterocycles. The zero-order valence-corrected chi connectivity index (χ0v) is 13.9. The molecule has 0 bridgehead atoms. The number of aliphatic hydroxyl groups is 1. The molecule has 6 heteroatoms. The molecule has 0 spiro atoms. The molecule has 0 saturated carbocycles. The van der Waals surface area contributed by atoms with Crippen LogP contribution >= 0.6 is 11.3 Å². The van der Waals surface area contributed by atoms with Crippen LogP contribution in [0.15, 0.2) is 29.6 Å². The van der Waals surface area contributed by atoms with Crippen LogP contribution in [0.5, 0.6) is 0 Å². The van der Waals surface area contributed by atoms with Crippen LogP contribution in [0.2, 0.25) is 0 Å². The predicted molar refractivity (Wildman–Crippen MR) is 89.4 cm³/mol. The highest BCUT2D eigenvalue weighted by atomic mass is 32.1. The van der Waals surface area contributed by atoms with Crippen molar-refractivity contribution in [2.45, 2.75) is 25.5 Å². The number of aromatic nitrogens is 1. The molecule has 1 atom stereocenters. The monoisotopic (exact) mass is 332 g/mol. The maximum atomic E-state index is 11.6. The first-order valence-electron chi connectivity index (χ1n) is 7.69. The van der Waals surface area contributed by atoms with Crippen LogP contribution in [0.25, 0.3) is 10.6 Å². The van der Waals surface area contributed by atoms with E-state index in [2.05, 4.69) is 9.88 Å². The van der Waals surface area contributed by atoms with E-state index in [0.29, 0.717) is 12.1 Å². The number of hydrogen-bond acceptors (Lipinski definition) is 6. The molecular formula is C17H20N2O3S. The molecule has 23 heavy (non-hydrogen) atoms. The summed E-state index contributed by atoms with van der Waals surface area (Å²) in [7, 11) is 1.38. The molecule has 1 aromatic carbocycles. The number of carbonyl (C=O) groups is 1. The Morgan fingerprint density at radius 2 is 2.39 bits per heavy atom. The van der Waals surface area contributed by atoms with Crippen molar-refractivity contribution in [3.05, 3.63) is 40.9 Å². The number of β-amino-alcohol motifs (C(OH)–C–C–N with tert-alkyl or cyclic N) is 1. The number of methoxy groups -OCH3 is 1. The van der Waals surface area contributed by atoms with Crippen molar-refractivity contribution >= 4 is 17.3 Å². The van der Waals surface area contributed by atoms with Gasteiger partial charge in [0.15, 0.2) is 0 Å². The van der Waals surface area contributed by atoms with Crippen molar-refractivity contribution < 1.29 is 14.6 Å². The van der Waals surface area contributed by atoms with Gasteiger partial charge in [0.2, 0.25) is 0 Å². The molecule has 0 amide bonds. The first-order valence-corrected chi connectivity index (χ1v) is 8.57. The van der Waals surface area contributed by atoms with Crippen molar-refractivity contribution in [2.75, 3.05) is 20.2 Å². The normalized spacial score (nSPS) is 18.8. The van der Waals surface area contributed by atoms with Crippen molar-refractivity contribution in [2.24, 2.45) is 0 Å². The molecule has 5 nitrogen and oxygen atoms in total. The van der Waals surface area contributed by atoms with Gasteiger partial charge in [0.05, 0.1) is 24.5 Å². The molecule has 1 saturated heterocycles. The van der Waals surface area contributed by atoms with E-state index in [4.69, 9.17) is 4.74 Å². The lowest BCUT2D eigenvalue weighted by atomic mass is 10.1. The van der Waals surface area contributed by atoms with E-state index in [-0.39, 0.29) is 12.1 Å². The topological polar surface area (TPSA) is 62.7 Å². The van der Waals surface area contributed by atoms with Crippen LogP contribution in [0.4, 0.5) is 0 Å². The minimum Gasteiger partial charge on any atom is -0.465 e. The van der Waals surface area contributed by atoms with Crippen LogP contribution < -0.4 is 0 Å². The van der Waals surface area contributed by atoms with Gasteiger partial charge >= 0.3 is 5.97 Å². The van der Waals surface area contributed by atoms with Gasteiger partial charge < -0.3 is 9.84 Å². The Hall–Kier alpha value is -1.76. The highest BCUT2D eigenvalue weighted by molar-refractivity contribution is 7.13. The van der Waals surface area contributed by atoms with E-state index in [1.807, 2.05) is 17.5 Å². The van der Waals surface area contributed by atoms with Crippen LogP contribution in [0.3, 0.4) is 0 Å². The van der Waals surface area contributed by atoms with Crippen LogP contribution in [-0.4, -0.2) is 47.3 Å². The number of nitrogens with zero attached hydrogens (tertiary/aromatic N) is 2. The third kappa shape index (κ3) is 3.96. The second-order valence-corrected chi connectivity index (χ2v) is 6.61. The highest BCUT2D eigenvalue weighted by Crippen LogP contribution is 2.26. The summed E-state index contributed by atoms with van der Waals surface area (Å²) in [6.07, 6.45) is 1.69. The molecule has 122 valence electrons. The summed E-state index contributed by atoms with van der Waals surface area (Å²) in [5.74, 6) is -0.342. The molecule has 2 heterocycles. The summed E-state index contributed by atoms with van der Waals surface area (Å²) < 4.78 is 4.76. The fourth-order valence-electron chi connectivity index (χ4n) is 2.81. The number of benzene rings is 1. The van der Waals surface area contributed by atoms with Gasteiger partial charge in [0, 0.05) is 24.0 Å². The maximum absolute atomic E-state index is 11.6. The number of carbonyl (C=O) groups excluding carboxylic acids is 1. The third-order valence-corrected chi connectivity index (χ3v) is 4.89. The predicted octanol–water partition coefficient (Wildman–Crippen LogP) is 2.55. The average Bonchev–Trinajstić information content (AvgIpc) is 3.03. The van der Waals surface area contributed by atoms with E-state index < -0.39 is 0 Å². The fourth-order valence-corrected chi connectivity index (χ4v) is 3.62. The van der Waals surface area contributed by atoms with Gasteiger partial charge in [0.1, 0.15) is 5.01 Å². The Kier molecular flexibility index (Phi) is 5.05. The highest BCUT2D eigenvalue weighted by Gasteiger charge is 2.18. The zero-order valence-electron chi connectivity index (χ0n) is 13.1. The van der Waals surface area contributed by atoms with Crippen molar-refractivity contribution in [3.63, 3.8) is 0 Å². The number of thiazole rings is 1. The SMILES string of the molecule is COC(=O)c1cccc(-c2nc(CN3CCCC(O)C3)cs2)c1. The zero-order chi connectivity index (χ0) is 16.2. The number of ether oxygens (including phenoxy) is 1. The van der Waals surface area contributed by atoms with Gasteiger partial charge in [-0.05, 0) is 31.5 Å². The molecule has 1 unspecified atom stereocenters. The smallest absolute Gasteiger partial charge is 0.337 e. The molecule has 1 fully saturated rings. The Balaban J connectivity index is 1.73. The summed E-state index contributed by atoms with van der Waals surface area (Å²) in [6, 6.07) is 7.32. The van der Waals surface area contributed by atoms with Crippen molar-refractivity contribution in [1.82, 2.24) is 9.88 Å². The Bertz CT molecular complexity index is 686. The second-order valence-electron chi connectivity index (χ2n) is 5.75. The van der Waals surface area contributed by atoms with E-state index >= 15 is 0 Å². The number of esters is 1. The lowest BCUT2D eigenvalue weighted by Gasteiger charge is -2.29. The third-order valence-electron chi connectivity index (χ3n) is 3.95. The Morgan fingerprint density at radius 3 is 3.17 bits per heavy atom. The molecular weight excluding hydrogens is 312 g/mol. The molecule has 0 radical (unpaired) electrons. The van der Waals surface area contributed by atoms with Crippen molar-refractivity contribution in [1.29, 1.82) is 0 Å². The van der Waals surface area contributed by atoms with E-state index in [0.717, 1.165) is 42.2 Å². The summed E-state index contributed by atoms with van der Waals surface area (Å²) in [6.45, 7) is 2.47. The average molecular weight is 332 g/mol. The summed E-state index contributed by atoms with van der Waals surface area (Å²) >= 11 is 1.57.